The largest absolute Gasteiger partial charge is 0.368 e. The van der Waals surface area contributed by atoms with Crippen LogP contribution >= 0.6 is 12.6 Å². The van der Waals surface area contributed by atoms with E-state index in [-0.39, 0.29) is 30.7 Å². The average molecular weight is 344 g/mol. The highest BCUT2D eigenvalue weighted by atomic mass is 32.1. The van der Waals surface area contributed by atoms with Crippen molar-refractivity contribution in [1.29, 1.82) is 0 Å². The van der Waals surface area contributed by atoms with Crippen molar-refractivity contribution in [2.75, 3.05) is 18.8 Å². The molecule has 0 heterocycles. The number of hydrogen-bond donors (Lipinski definition) is 5. The average Bonchev–Trinajstić information content (AvgIpc) is 2.56. The molecule has 1 fully saturated rings. The van der Waals surface area contributed by atoms with Gasteiger partial charge in [-0.1, -0.05) is 19.3 Å². The Morgan fingerprint density at radius 2 is 1.61 bits per heavy atom. The van der Waals surface area contributed by atoms with Crippen LogP contribution in [0.1, 0.15) is 32.1 Å². The number of carbonyl (C=O) groups is 4. The van der Waals surface area contributed by atoms with Gasteiger partial charge in [-0.25, -0.2) is 0 Å². The Kier molecular flexibility index (Phi) is 8.46. The first-order valence-electron chi connectivity index (χ1n) is 7.68. The smallest absolute Gasteiger partial charge is 0.240 e. The molecular weight excluding hydrogens is 320 g/mol. The van der Waals surface area contributed by atoms with Crippen LogP contribution in [-0.2, 0) is 19.2 Å². The molecule has 0 aromatic carbocycles. The molecule has 1 aliphatic rings. The van der Waals surface area contributed by atoms with E-state index in [1.807, 2.05) is 0 Å². The van der Waals surface area contributed by atoms with E-state index in [0.29, 0.717) is 0 Å². The Morgan fingerprint density at radius 3 is 2.17 bits per heavy atom. The van der Waals surface area contributed by atoms with Gasteiger partial charge in [0.1, 0.15) is 6.04 Å². The van der Waals surface area contributed by atoms with Gasteiger partial charge in [-0.2, -0.15) is 12.6 Å². The molecule has 4 amide bonds. The molecule has 0 bridgehead atoms. The van der Waals surface area contributed by atoms with Crippen molar-refractivity contribution in [3.63, 3.8) is 0 Å². The quantitative estimate of drug-likeness (QED) is 0.350. The van der Waals surface area contributed by atoms with E-state index >= 15 is 0 Å². The SMILES string of the molecule is NC(=O)C(CS)NC(=O)CNC(=O)CNC(=O)C1CCCCC1. The molecule has 0 spiro atoms. The maximum Gasteiger partial charge on any atom is 0.240 e. The van der Waals surface area contributed by atoms with E-state index in [9.17, 15) is 19.2 Å². The van der Waals surface area contributed by atoms with Crippen molar-refractivity contribution in [1.82, 2.24) is 16.0 Å². The van der Waals surface area contributed by atoms with E-state index in [4.69, 9.17) is 5.73 Å². The van der Waals surface area contributed by atoms with Crippen molar-refractivity contribution < 1.29 is 19.2 Å². The fraction of sp³-hybridized carbons (Fsp3) is 0.714. The fourth-order valence-electron chi connectivity index (χ4n) is 2.37. The first-order valence-corrected chi connectivity index (χ1v) is 8.31. The summed E-state index contributed by atoms with van der Waals surface area (Å²) in [7, 11) is 0. The van der Waals surface area contributed by atoms with Gasteiger partial charge in [-0.3, -0.25) is 19.2 Å². The maximum absolute atomic E-state index is 11.9. The second-order valence-electron chi connectivity index (χ2n) is 5.53. The molecule has 0 aliphatic heterocycles. The first-order chi connectivity index (χ1) is 10.9. The van der Waals surface area contributed by atoms with Crippen LogP contribution < -0.4 is 21.7 Å². The minimum absolute atomic E-state index is 0.0217. The molecule has 0 aromatic heterocycles. The summed E-state index contributed by atoms with van der Waals surface area (Å²) < 4.78 is 0. The number of carbonyl (C=O) groups excluding carboxylic acids is 4. The van der Waals surface area contributed by atoms with Gasteiger partial charge in [0.05, 0.1) is 13.1 Å². The van der Waals surface area contributed by atoms with Crippen LogP contribution in [-0.4, -0.2) is 48.5 Å². The predicted molar refractivity (Wildman–Crippen MR) is 87.6 cm³/mol. The third-order valence-electron chi connectivity index (χ3n) is 3.71. The Labute approximate surface area is 140 Å². The molecule has 5 N–H and O–H groups in total. The summed E-state index contributed by atoms with van der Waals surface area (Å²) in [5.74, 6) is -1.77. The van der Waals surface area contributed by atoms with Gasteiger partial charge < -0.3 is 21.7 Å². The van der Waals surface area contributed by atoms with Crippen molar-refractivity contribution in [2.24, 2.45) is 11.7 Å². The van der Waals surface area contributed by atoms with Gasteiger partial charge in [-0.05, 0) is 12.8 Å². The van der Waals surface area contributed by atoms with Gasteiger partial charge >= 0.3 is 0 Å². The summed E-state index contributed by atoms with van der Waals surface area (Å²) in [6, 6.07) is -0.881. The first kappa shape index (κ1) is 19.3. The van der Waals surface area contributed by atoms with Crippen molar-refractivity contribution in [2.45, 2.75) is 38.1 Å². The standard InChI is InChI=1S/C14H24N4O4S/c15-13(21)10(8-23)18-12(20)7-16-11(19)6-17-14(22)9-4-2-1-3-5-9/h9-10,23H,1-8H2,(H2,15,21)(H,16,19)(H,17,22)(H,18,20). The molecule has 1 aliphatic carbocycles. The molecule has 1 atom stereocenters. The highest BCUT2D eigenvalue weighted by molar-refractivity contribution is 7.80. The van der Waals surface area contributed by atoms with Crippen molar-refractivity contribution >= 4 is 36.3 Å². The predicted octanol–water partition coefficient (Wildman–Crippen LogP) is -1.30. The number of nitrogens with two attached hydrogens (primary N) is 1. The topological polar surface area (TPSA) is 130 Å². The highest BCUT2D eigenvalue weighted by Crippen LogP contribution is 2.23. The number of hydrogen-bond acceptors (Lipinski definition) is 5. The summed E-state index contributed by atoms with van der Waals surface area (Å²) in [6.45, 7) is -0.468. The third kappa shape index (κ3) is 7.36. The van der Waals surface area contributed by atoms with Crippen LogP contribution in [0.2, 0.25) is 0 Å². The summed E-state index contributed by atoms with van der Waals surface area (Å²) in [4.78, 5) is 46.0. The monoisotopic (exact) mass is 344 g/mol. The van der Waals surface area contributed by atoms with Gasteiger partial charge in [0.15, 0.2) is 0 Å². The molecule has 9 heteroatoms. The Bertz CT molecular complexity index is 452. The Morgan fingerprint density at radius 1 is 1.00 bits per heavy atom. The van der Waals surface area contributed by atoms with E-state index in [0.717, 1.165) is 32.1 Å². The van der Waals surface area contributed by atoms with Crippen molar-refractivity contribution in [3.05, 3.63) is 0 Å². The number of rotatable bonds is 8. The molecular formula is C14H24N4O4S. The second-order valence-corrected chi connectivity index (χ2v) is 5.90. The lowest BCUT2D eigenvalue weighted by atomic mass is 9.89. The van der Waals surface area contributed by atoms with Crippen LogP contribution in [0.3, 0.4) is 0 Å². The van der Waals surface area contributed by atoms with E-state index in [2.05, 4.69) is 28.6 Å². The molecule has 130 valence electrons. The molecule has 0 saturated heterocycles. The molecule has 0 aromatic rings. The minimum atomic E-state index is -0.881. The van der Waals surface area contributed by atoms with Gasteiger partial charge in [0.2, 0.25) is 23.6 Å². The zero-order chi connectivity index (χ0) is 17.2. The zero-order valence-corrected chi connectivity index (χ0v) is 13.9. The van der Waals surface area contributed by atoms with Crippen molar-refractivity contribution in [3.8, 4) is 0 Å². The van der Waals surface area contributed by atoms with E-state index < -0.39 is 23.8 Å². The molecule has 1 rings (SSSR count). The van der Waals surface area contributed by atoms with Crippen LogP contribution in [0.5, 0.6) is 0 Å². The fourth-order valence-corrected chi connectivity index (χ4v) is 2.64. The highest BCUT2D eigenvalue weighted by Gasteiger charge is 2.21. The lowest BCUT2D eigenvalue weighted by Crippen LogP contribution is -2.49. The third-order valence-corrected chi connectivity index (χ3v) is 4.07. The van der Waals surface area contributed by atoms with E-state index in [1.54, 1.807) is 0 Å². The molecule has 1 saturated carbocycles. The van der Waals surface area contributed by atoms with Gasteiger partial charge in [0.25, 0.3) is 0 Å². The molecule has 8 nitrogen and oxygen atoms in total. The van der Waals surface area contributed by atoms with Crippen LogP contribution in [0.4, 0.5) is 0 Å². The Hall–Kier alpha value is -1.77. The molecule has 1 unspecified atom stereocenters. The minimum Gasteiger partial charge on any atom is -0.368 e. The molecule has 23 heavy (non-hydrogen) atoms. The lowest BCUT2D eigenvalue weighted by molar-refractivity contribution is -0.130. The number of amides is 4. The summed E-state index contributed by atoms with van der Waals surface area (Å²) in [5, 5.41) is 7.29. The number of thiol groups is 1. The second kappa shape index (κ2) is 10.1. The summed E-state index contributed by atoms with van der Waals surface area (Å²) in [6.07, 6.45) is 4.94. The van der Waals surface area contributed by atoms with E-state index in [1.165, 1.54) is 0 Å². The zero-order valence-electron chi connectivity index (χ0n) is 13.0. The van der Waals surface area contributed by atoms with Crippen LogP contribution in [0, 0.1) is 5.92 Å². The van der Waals surface area contributed by atoms with Crippen LogP contribution in [0.15, 0.2) is 0 Å². The van der Waals surface area contributed by atoms with Gasteiger partial charge in [0, 0.05) is 11.7 Å². The normalized spacial score (nSPS) is 16.2. The van der Waals surface area contributed by atoms with Gasteiger partial charge in [-0.15, -0.1) is 0 Å². The summed E-state index contributed by atoms with van der Waals surface area (Å²) in [5.41, 5.74) is 5.07. The summed E-state index contributed by atoms with van der Waals surface area (Å²) >= 11 is 3.89. The number of nitrogens with one attached hydrogen (secondary N) is 3. The Balaban J connectivity index is 2.21. The lowest BCUT2D eigenvalue weighted by Gasteiger charge is -2.20. The number of primary amides is 1. The maximum atomic E-state index is 11.9. The molecule has 0 radical (unpaired) electrons. The van der Waals surface area contributed by atoms with Crippen LogP contribution in [0.25, 0.3) is 0 Å².